The van der Waals surface area contributed by atoms with Crippen molar-refractivity contribution in [1.29, 1.82) is 0 Å². The van der Waals surface area contributed by atoms with E-state index in [9.17, 15) is 36.0 Å². The van der Waals surface area contributed by atoms with Crippen molar-refractivity contribution in [3.8, 4) is 33.8 Å². The van der Waals surface area contributed by atoms with Gasteiger partial charge in [-0.1, -0.05) is 78.3 Å². The molecular weight excluding hydrogens is 959 g/mol. The number of amides is 4. The molecule has 6 aromatic rings. The van der Waals surface area contributed by atoms with Crippen molar-refractivity contribution in [2.75, 3.05) is 33.3 Å². The number of methoxy groups -OCH3 is 1. The van der Waals surface area contributed by atoms with Crippen LogP contribution in [0, 0.1) is 5.82 Å². The molecule has 0 aliphatic carbocycles. The Balaban J connectivity index is 0.793. The Hall–Kier alpha value is -7.60. The Labute approximate surface area is 408 Å². The number of benzene rings is 6. The summed E-state index contributed by atoms with van der Waals surface area (Å²) in [7, 11) is -6.79. The van der Waals surface area contributed by atoms with Crippen molar-refractivity contribution in [2.45, 2.75) is 29.2 Å². The van der Waals surface area contributed by atoms with E-state index in [0.29, 0.717) is 46.6 Å². The van der Waals surface area contributed by atoms with Gasteiger partial charge in [0, 0.05) is 64.6 Å². The Morgan fingerprint density at radius 3 is 1.54 bits per heavy atom. The second kappa shape index (κ2) is 21.0. The van der Waals surface area contributed by atoms with Crippen LogP contribution in [-0.2, 0) is 35.9 Å². The smallest absolute Gasteiger partial charge is 0.263 e. The molecule has 14 nitrogen and oxygen atoms in total. The molecule has 358 valence electrons. The van der Waals surface area contributed by atoms with Crippen molar-refractivity contribution < 1.29 is 49.9 Å². The van der Waals surface area contributed by atoms with Crippen LogP contribution in [0.3, 0.4) is 0 Å². The van der Waals surface area contributed by atoms with E-state index in [0.717, 1.165) is 23.3 Å². The number of nitrogens with one attached hydrogen (secondary N) is 4. The van der Waals surface area contributed by atoms with Crippen molar-refractivity contribution in [3.63, 3.8) is 0 Å². The molecule has 0 spiro atoms. The average Bonchev–Trinajstić information content (AvgIpc) is 3.81. The van der Waals surface area contributed by atoms with Gasteiger partial charge in [-0.2, -0.15) is 0 Å². The van der Waals surface area contributed by atoms with Gasteiger partial charge >= 0.3 is 0 Å². The lowest BCUT2D eigenvalue weighted by Gasteiger charge is -2.13. The van der Waals surface area contributed by atoms with Crippen molar-refractivity contribution in [1.82, 2.24) is 21.3 Å². The zero-order valence-corrected chi connectivity index (χ0v) is 39.8. The summed E-state index contributed by atoms with van der Waals surface area (Å²) in [6.45, 7) is 0.314. The fourth-order valence-corrected chi connectivity index (χ4v) is 11.3. The molecule has 8 rings (SSSR count). The molecule has 0 unspecified atom stereocenters. The lowest BCUT2D eigenvalue weighted by Crippen LogP contribution is -2.31. The number of rotatable bonds is 18. The van der Waals surface area contributed by atoms with Gasteiger partial charge in [-0.3, -0.25) is 19.2 Å². The Kier molecular flexibility index (Phi) is 14.6. The number of sulfone groups is 2. The number of halogens is 2. The van der Waals surface area contributed by atoms with Gasteiger partial charge in [-0.25, -0.2) is 21.2 Å². The van der Waals surface area contributed by atoms with Crippen molar-refractivity contribution in [3.05, 3.63) is 176 Å². The summed E-state index contributed by atoms with van der Waals surface area (Å²) in [5.74, 6) is -2.10. The first-order valence-corrected chi connectivity index (χ1v) is 25.2. The molecule has 2 aliphatic rings. The molecule has 0 radical (unpaired) electrons. The van der Waals surface area contributed by atoms with Gasteiger partial charge in [0.2, 0.25) is 19.7 Å². The lowest BCUT2D eigenvalue weighted by atomic mass is 10.0. The lowest BCUT2D eigenvalue weighted by molar-refractivity contribution is -0.117. The van der Waals surface area contributed by atoms with Crippen LogP contribution >= 0.6 is 11.6 Å². The maximum absolute atomic E-state index is 15.5. The van der Waals surface area contributed by atoms with Gasteiger partial charge in [0.05, 0.1) is 16.9 Å². The number of ether oxygens (including phenoxy) is 2. The summed E-state index contributed by atoms with van der Waals surface area (Å²) in [5, 5.41) is 10.9. The third kappa shape index (κ3) is 10.4. The van der Waals surface area contributed by atoms with Crippen LogP contribution in [0.4, 0.5) is 4.39 Å². The van der Waals surface area contributed by atoms with Crippen LogP contribution in [0.25, 0.3) is 34.4 Å². The predicted octanol–water partition coefficient (Wildman–Crippen LogP) is 7.53. The van der Waals surface area contributed by atoms with Gasteiger partial charge in [0.25, 0.3) is 23.6 Å². The molecule has 6 aromatic carbocycles. The zero-order chi connectivity index (χ0) is 49.6. The van der Waals surface area contributed by atoms with Crippen LogP contribution in [0.5, 0.6) is 11.5 Å². The number of hydrogen-bond donors (Lipinski definition) is 4. The van der Waals surface area contributed by atoms with E-state index >= 15 is 4.39 Å². The van der Waals surface area contributed by atoms with Crippen molar-refractivity contribution >= 4 is 67.1 Å². The Morgan fingerprint density at radius 2 is 1.01 bits per heavy atom. The topological polar surface area (TPSA) is 203 Å². The van der Waals surface area contributed by atoms with Gasteiger partial charge in [0.1, 0.15) is 33.7 Å². The predicted molar refractivity (Wildman–Crippen MR) is 263 cm³/mol. The normalized spacial score (nSPS) is 13.8. The molecule has 18 heteroatoms. The molecule has 2 heterocycles. The summed E-state index contributed by atoms with van der Waals surface area (Å²) in [6.07, 6.45) is 2.88. The molecule has 0 saturated carbocycles. The molecular formula is C52H44ClFN4O10S2. The first-order valence-electron chi connectivity index (χ1n) is 21.9. The fourth-order valence-electron chi connectivity index (χ4n) is 7.85. The van der Waals surface area contributed by atoms with E-state index in [2.05, 4.69) is 21.3 Å². The highest BCUT2D eigenvalue weighted by atomic mass is 35.5. The number of carbonyl (C=O) groups excluding carboxylic acids is 4. The minimum atomic E-state index is -4.38. The Bertz CT molecular complexity index is 3340. The zero-order valence-electron chi connectivity index (χ0n) is 37.4. The van der Waals surface area contributed by atoms with E-state index in [1.54, 1.807) is 73.8 Å². The van der Waals surface area contributed by atoms with Gasteiger partial charge in [0.15, 0.2) is 0 Å². The number of hydrogen-bond acceptors (Lipinski definition) is 10. The molecule has 0 atom stereocenters. The highest BCUT2D eigenvalue weighted by Gasteiger charge is 2.37. The molecule has 70 heavy (non-hydrogen) atoms. The van der Waals surface area contributed by atoms with Gasteiger partial charge < -0.3 is 30.7 Å². The highest BCUT2D eigenvalue weighted by molar-refractivity contribution is 7.97. The average molecular weight is 1000 g/mol. The largest absolute Gasteiger partial charge is 0.496 e. The molecule has 4 amide bonds. The second-order valence-corrected chi connectivity index (χ2v) is 20.2. The summed E-state index contributed by atoms with van der Waals surface area (Å²) in [6, 6.07) is 35.1. The van der Waals surface area contributed by atoms with Crippen LogP contribution in [0.15, 0.2) is 147 Å². The summed E-state index contributed by atoms with van der Waals surface area (Å²) >= 11 is 6.12. The number of para-hydroxylation sites is 2. The van der Waals surface area contributed by atoms with Crippen molar-refractivity contribution in [2.24, 2.45) is 0 Å². The van der Waals surface area contributed by atoms with E-state index in [1.807, 2.05) is 36.4 Å². The third-order valence-electron chi connectivity index (χ3n) is 11.5. The van der Waals surface area contributed by atoms with E-state index in [4.69, 9.17) is 21.1 Å². The van der Waals surface area contributed by atoms with Crippen LogP contribution in [0.1, 0.15) is 50.2 Å². The molecule has 0 fully saturated rings. The summed E-state index contributed by atoms with van der Waals surface area (Å²) in [4.78, 5) is 50.1. The van der Waals surface area contributed by atoms with E-state index in [-0.39, 0.29) is 76.1 Å². The summed E-state index contributed by atoms with van der Waals surface area (Å²) in [5.41, 5.74) is 4.13. The Morgan fingerprint density at radius 1 is 0.543 bits per heavy atom. The third-order valence-corrected chi connectivity index (χ3v) is 15.4. The minimum absolute atomic E-state index is 0.0250. The monoisotopic (exact) mass is 1000 g/mol. The number of carbonyl (C=O) groups is 4. The fraction of sp³-hybridized carbons (Fsp3) is 0.154. The van der Waals surface area contributed by atoms with E-state index < -0.39 is 47.1 Å². The molecule has 2 aliphatic heterocycles. The van der Waals surface area contributed by atoms with Crippen LogP contribution in [-0.4, -0.2) is 73.8 Å². The van der Waals surface area contributed by atoms with Gasteiger partial charge in [-0.05, 0) is 102 Å². The molecule has 4 N–H and O–H groups in total. The standard InChI is InChI=1S/C52H44ClFN4O10S2/c1-67-43-12-4-2-9-37(43)33-15-19-35(20-16-33)49(59)55-24-8-26-58-52(62)48-30-40-42(54)27-32(28-46(40)70(48,65)66)31-68-44-13-5-3-10-38(44)34-17-21-36(22-18-34)50(60)56-23-7-25-57-51(61)47-29-39-41(53)11-6-14-45(39)69(47,63)64/h2-6,9-22,27-30H,7-8,23-26,31H2,1H3,(H,55,59)(H,56,60)(H,57,61)(H,58,62). The highest BCUT2D eigenvalue weighted by Crippen LogP contribution is 2.38. The summed E-state index contributed by atoms with van der Waals surface area (Å²) < 4.78 is 79.7. The van der Waals surface area contributed by atoms with Gasteiger partial charge in [-0.15, -0.1) is 0 Å². The van der Waals surface area contributed by atoms with E-state index in [1.165, 1.54) is 24.3 Å². The first-order chi connectivity index (χ1) is 33.7. The molecule has 0 saturated heterocycles. The number of fused-ring (bicyclic) bond motifs is 2. The van der Waals surface area contributed by atoms with Crippen LogP contribution in [0.2, 0.25) is 5.02 Å². The maximum atomic E-state index is 15.5. The quantitative estimate of drug-likeness (QED) is 0.0624. The minimum Gasteiger partial charge on any atom is -0.496 e. The molecule has 0 bridgehead atoms. The molecule has 0 aromatic heterocycles. The van der Waals surface area contributed by atoms with Crippen LogP contribution < -0.4 is 30.7 Å². The SMILES string of the molecule is COc1ccccc1-c1ccc(C(=O)NCCCNC(=O)C2=Cc3c(F)cc(COc4ccccc4-c4ccc(C(=O)NCCCNC(=O)C5=Cc6c(Cl)cccc6S5(=O)=O)cc4)cc3S2(=O)=O)cc1. The maximum Gasteiger partial charge on any atom is 0.263 e. The first kappa shape index (κ1) is 48.8. The second-order valence-electron chi connectivity index (χ2n) is 16.0.